The molecule has 0 amide bonds. The summed E-state index contributed by atoms with van der Waals surface area (Å²) in [5, 5.41) is 0. The summed E-state index contributed by atoms with van der Waals surface area (Å²) in [7, 11) is 0. The van der Waals surface area contributed by atoms with Crippen molar-refractivity contribution in [2.45, 2.75) is 19.8 Å². The molecule has 0 fully saturated rings. The Morgan fingerprint density at radius 3 is 2.00 bits per heavy atom. The monoisotopic (exact) mass is 252 g/mol. The van der Waals surface area contributed by atoms with E-state index in [0.717, 1.165) is 12.0 Å². The first-order chi connectivity index (χ1) is 9.16. The first kappa shape index (κ1) is 13.2. The molecule has 0 bridgehead atoms. The van der Waals surface area contributed by atoms with E-state index < -0.39 is 0 Å². The van der Waals surface area contributed by atoms with Crippen LogP contribution in [0.25, 0.3) is 0 Å². The van der Waals surface area contributed by atoms with Crippen molar-refractivity contribution in [2.75, 3.05) is 0 Å². The number of benzene rings is 2. The van der Waals surface area contributed by atoms with Gasteiger partial charge in [-0.05, 0) is 18.9 Å². The van der Waals surface area contributed by atoms with Gasteiger partial charge in [0.25, 0.3) is 0 Å². The van der Waals surface area contributed by atoms with Crippen LogP contribution in [-0.2, 0) is 11.2 Å². The number of aryl methyl sites for hydroxylation is 1. The standard InChI is InChI=1S/C17H16O2/c1-13(18)7-8-14-9-11-16(12-10-14)17(19)15-5-3-2-4-6-15/h2-6,9-12H,7-8H2,1H3. The van der Waals surface area contributed by atoms with Gasteiger partial charge in [0.05, 0.1) is 0 Å². The van der Waals surface area contributed by atoms with Gasteiger partial charge in [0.15, 0.2) is 5.78 Å². The highest BCUT2D eigenvalue weighted by atomic mass is 16.1. The van der Waals surface area contributed by atoms with E-state index >= 15 is 0 Å². The van der Waals surface area contributed by atoms with Gasteiger partial charge in [-0.2, -0.15) is 0 Å². The fourth-order valence-corrected chi connectivity index (χ4v) is 1.90. The maximum atomic E-state index is 12.2. The summed E-state index contributed by atoms with van der Waals surface area (Å²) in [6, 6.07) is 16.7. The van der Waals surface area contributed by atoms with Crippen LogP contribution in [0.2, 0.25) is 0 Å². The van der Waals surface area contributed by atoms with Crippen LogP contribution in [0.15, 0.2) is 54.6 Å². The summed E-state index contributed by atoms with van der Waals surface area (Å²) in [5.41, 5.74) is 2.46. The van der Waals surface area contributed by atoms with Crippen molar-refractivity contribution in [3.63, 3.8) is 0 Å². The quantitative estimate of drug-likeness (QED) is 0.764. The van der Waals surface area contributed by atoms with Gasteiger partial charge >= 0.3 is 0 Å². The van der Waals surface area contributed by atoms with Crippen LogP contribution in [0.1, 0.15) is 34.8 Å². The minimum absolute atomic E-state index is 0.0266. The topological polar surface area (TPSA) is 34.1 Å². The second-order valence-electron chi connectivity index (χ2n) is 4.59. The molecule has 0 N–H and O–H groups in total. The van der Waals surface area contributed by atoms with Gasteiger partial charge in [0.1, 0.15) is 5.78 Å². The van der Waals surface area contributed by atoms with Crippen molar-refractivity contribution in [3.8, 4) is 0 Å². The minimum Gasteiger partial charge on any atom is -0.300 e. The summed E-state index contributed by atoms with van der Waals surface area (Å²) < 4.78 is 0. The SMILES string of the molecule is CC(=O)CCc1ccc(C(=O)c2ccccc2)cc1. The summed E-state index contributed by atoms with van der Waals surface area (Å²) in [6.45, 7) is 1.59. The minimum atomic E-state index is 0.0266. The molecule has 0 aliphatic heterocycles. The molecule has 0 unspecified atom stereocenters. The average Bonchev–Trinajstić information content (AvgIpc) is 2.46. The summed E-state index contributed by atoms with van der Waals surface area (Å²) in [6.07, 6.45) is 1.28. The van der Waals surface area contributed by atoms with Crippen LogP contribution in [0.5, 0.6) is 0 Å². The van der Waals surface area contributed by atoms with Crippen LogP contribution in [0.4, 0.5) is 0 Å². The maximum absolute atomic E-state index is 12.2. The molecular formula is C17H16O2. The van der Waals surface area contributed by atoms with Crippen LogP contribution < -0.4 is 0 Å². The molecule has 96 valence electrons. The maximum Gasteiger partial charge on any atom is 0.193 e. The number of carbonyl (C=O) groups is 2. The van der Waals surface area contributed by atoms with E-state index in [0.29, 0.717) is 17.5 Å². The normalized spacial score (nSPS) is 10.2. The van der Waals surface area contributed by atoms with E-state index in [1.165, 1.54) is 0 Å². The van der Waals surface area contributed by atoms with Crippen molar-refractivity contribution in [1.82, 2.24) is 0 Å². The molecule has 0 spiro atoms. The first-order valence-electron chi connectivity index (χ1n) is 6.35. The second kappa shape index (κ2) is 6.10. The van der Waals surface area contributed by atoms with Gasteiger partial charge < -0.3 is 4.79 Å². The third-order valence-corrected chi connectivity index (χ3v) is 3.02. The lowest BCUT2D eigenvalue weighted by molar-refractivity contribution is -0.116. The first-order valence-corrected chi connectivity index (χ1v) is 6.35. The van der Waals surface area contributed by atoms with Crippen LogP contribution in [0, 0.1) is 0 Å². The fourth-order valence-electron chi connectivity index (χ4n) is 1.90. The molecule has 0 aromatic heterocycles. The number of rotatable bonds is 5. The second-order valence-corrected chi connectivity index (χ2v) is 4.59. The molecule has 0 saturated carbocycles. The smallest absolute Gasteiger partial charge is 0.193 e. The summed E-state index contributed by atoms with van der Waals surface area (Å²) in [5.74, 6) is 0.211. The Morgan fingerprint density at radius 2 is 1.42 bits per heavy atom. The van der Waals surface area contributed by atoms with Gasteiger partial charge in [-0.15, -0.1) is 0 Å². The van der Waals surface area contributed by atoms with Crippen LogP contribution in [-0.4, -0.2) is 11.6 Å². The lowest BCUT2D eigenvalue weighted by atomic mass is 10.0. The predicted octanol–water partition coefficient (Wildman–Crippen LogP) is 3.44. The molecule has 0 radical (unpaired) electrons. The lowest BCUT2D eigenvalue weighted by Gasteiger charge is -2.03. The summed E-state index contributed by atoms with van der Waals surface area (Å²) >= 11 is 0. The van der Waals surface area contributed by atoms with E-state index in [4.69, 9.17) is 0 Å². The van der Waals surface area contributed by atoms with E-state index in [-0.39, 0.29) is 11.6 Å². The van der Waals surface area contributed by atoms with Crippen LogP contribution in [0.3, 0.4) is 0 Å². The largest absolute Gasteiger partial charge is 0.300 e. The Kier molecular flexibility index (Phi) is 4.24. The number of Topliss-reactive ketones (excluding diaryl/α,β-unsaturated/α-hetero) is 1. The molecular weight excluding hydrogens is 236 g/mol. The van der Waals surface area contributed by atoms with Gasteiger partial charge in [-0.1, -0.05) is 54.6 Å². The predicted molar refractivity (Wildman–Crippen MR) is 75.3 cm³/mol. The Balaban J connectivity index is 2.10. The van der Waals surface area contributed by atoms with Crippen molar-refractivity contribution >= 4 is 11.6 Å². The molecule has 2 heteroatoms. The molecule has 0 heterocycles. The van der Waals surface area contributed by atoms with Crippen LogP contribution >= 0.6 is 0 Å². The molecule has 2 aromatic carbocycles. The van der Waals surface area contributed by atoms with Crippen molar-refractivity contribution in [3.05, 3.63) is 71.3 Å². The molecule has 0 aliphatic rings. The lowest BCUT2D eigenvalue weighted by Crippen LogP contribution is -2.01. The number of hydrogen-bond donors (Lipinski definition) is 0. The number of carbonyl (C=O) groups excluding carboxylic acids is 2. The zero-order valence-corrected chi connectivity index (χ0v) is 10.9. The number of ketones is 2. The van der Waals surface area contributed by atoms with Crippen molar-refractivity contribution in [2.24, 2.45) is 0 Å². The van der Waals surface area contributed by atoms with E-state index in [1.54, 1.807) is 6.92 Å². The Morgan fingerprint density at radius 1 is 0.842 bits per heavy atom. The van der Waals surface area contributed by atoms with Gasteiger partial charge in [0.2, 0.25) is 0 Å². The molecule has 0 saturated heterocycles. The Hall–Kier alpha value is -2.22. The molecule has 2 aromatic rings. The van der Waals surface area contributed by atoms with Crippen molar-refractivity contribution in [1.29, 1.82) is 0 Å². The van der Waals surface area contributed by atoms with E-state index in [2.05, 4.69) is 0 Å². The third kappa shape index (κ3) is 3.62. The average molecular weight is 252 g/mol. The molecule has 19 heavy (non-hydrogen) atoms. The molecule has 0 atom stereocenters. The molecule has 2 nitrogen and oxygen atoms in total. The van der Waals surface area contributed by atoms with E-state index in [9.17, 15) is 9.59 Å². The highest BCUT2D eigenvalue weighted by Crippen LogP contribution is 2.12. The number of hydrogen-bond acceptors (Lipinski definition) is 2. The third-order valence-electron chi connectivity index (χ3n) is 3.02. The highest BCUT2D eigenvalue weighted by Gasteiger charge is 2.08. The van der Waals surface area contributed by atoms with Gasteiger partial charge in [-0.3, -0.25) is 4.79 Å². The summed E-state index contributed by atoms with van der Waals surface area (Å²) in [4.78, 5) is 23.1. The van der Waals surface area contributed by atoms with Crippen molar-refractivity contribution < 1.29 is 9.59 Å². The highest BCUT2D eigenvalue weighted by molar-refractivity contribution is 6.08. The zero-order chi connectivity index (χ0) is 13.7. The van der Waals surface area contributed by atoms with Gasteiger partial charge in [0, 0.05) is 17.5 Å². The zero-order valence-electron chi connectivity index (χ0n) is 10.9. The molecule has 2 rings (SSSR count). The van der Waals surface area contributed by atoms with E-state index in [1.807, 2.05) is 54.6 Å². The van der Waals surface area contributed by atoms with Gasteiger partial charge in [-0.25, -0.2) is 0 Å². The molecule has 0 aliphatic carbocycles. The Bertz CT molecular complexity index is 568. The Labute approximate surface area is 113 Å². The fraction of sp³-hybridized carbons (Fsp3) is 0.176.